The van der Waals surface area contributed by atoms with Crippen molar-refractivity contribution < 1.29 is 4.79 Å². The normalized spacial score (nSPS) is 10.4. The molecule has 2 rings (SSSR count). The van der Waals surface area contributed by atoms with Crippen molar-refractivity contribution in [3.8, 4) is 0 Å². The largest absolute Gasteiger partial charge is 0.332 e. The number of thiocarbonyl (C=S) groups is 1. The fourth-order valence-corrected chi connectivity index (χ4v) is 2.42. The van der Waals surface area contributed by atoms with Gasteiger partial charge < -0.3 is 5.32 Å². The molecule has 0 bridgehead atoms. The fraction of sp³-hybridized carbons (Fsp3) is 0.0667. The third kappa shape index (κ3) is 4.60. The molecular formula is C15H14N2OS2. The van der Waals surface area contributed by atoms with Crippen LogP contribution in [0.15, 0.2) is 47.9 Å². The van der Waals surface area contributed by atoms with Gasteiger partial charge in [0.05, 0.1) is 0 Å². The van der Waals surface area contributed by atoms with Crippen LogP contribution in [0.3, 0.4) is 0 Å². The van der Waals surface area contributed by atoms with Crippen LogP contribution in [0, 0.1) is 6.92 Å². The van der Waals surface area contributed by atoms with Gasteiger partial charge in [-0.3, -0.25) is 10.1 Å². The summed E-state index contributed by atoms with van der Waals surface area (Å²) in [6, 6.07) is 11.7. The third-order valence-electron chi connectivity index (χ3n) is 2.45. The fourth-order valence-electron chi connectivity index (χ4n) is 1.58. The van der Waals surface area contributed by atoms with Crippen molar-refractivity contribution in [2.75, 3.05) is 5.32 Å². The summed E-state index contributed by atoms with van der Waals surface area (Å²) in [5.41, 5.74) is 1.99. The van der Waals surface area contributed by atoms with Gasteiger partial charge >= 0.3 is 0 Å². The lowest BCUT2D eigenvalue weighted by atomic mass is 10.2. The first-order chi connectivity index (χ1) is 9.63. The second-order valence-electron chi connectivity index (χ2n) is 4.16. The van der Waals surface area contributed by atoms with Crippen molar-refractivity contribution in [3.63, 3.8) is 0 Å². The highest BCUT2D eigenvalue weighted by molar-refractivity contribution is 7.80. The van der Waals surface area contributed by atoms with Gasteiger partial charge in [0.1, 0.15) is 0 Å². The number of hydrogen-bond acceptors (Lipinski definition) is 3. The molecule has 0 aliphatic carbocycles. The number of benzene rings is 1. The zero-order valence-electron chi connectivity index (χ0n) is 10.9. The summed E-state index contributed by atoms with van der Waals surface area (Å²) < 4.78 is 0. The van der Waals surface area contributed by atoms with E-state index in [2.05, 4.69) is 10.6 Å². The smallest absolute Gasteiger partial charge is 0.250 e. The van der Waals surface area contributed by atoms with Gasteiger partial charge in [-0.1, -0.05) is 18.2 Å². The minimum atomic E-state index is -0.247. The van der Waals surface area contributed by atoms with Crippen molar-refractivity contribution in [3.05, 3.63) is 58.3 Å². The van der Waals surface area contributed by atoms with E-state index in [4.69, 9.17) is 12.2 Å². The Kier molecular flexibility index (Phi) is 5.03. The number of nitrogens with one attached hydrogen (secondary N) is 2. The molecule has 0 fully saturated rings. The Morgan fingerprint density at radius 3 is 2.85 bits per heavy atom. The molecule has 2 N–H and O–H groups in total. The molecule has 5 heteroatoms. The molecule has 0 radical (unpaired) electrons. The van der Waals surface area contributed by atoms with E-state index in [1.807, 2.05) is 48.7 Å². The van der Waals surface area contributed by atoms with Crippen LogP contribution in [0.1, 0.15) is 10.4 Å². The number of anilines is 1. The van der Waals surface area contributed by atoms with E-state index >= 15 is 0 Å². The molecule has 0 spiro atoms. The van der Waals surface area contributed by atoms with E-state index in [9.17, 15) is 4.79 Å². The molecule has 2 aromatic rings. The SMILES string of the molecule is Cc1cccc(NC(=S)NC(=O)/C=C/c2cccs2)c1. The summed E-state index contributed by atoms with van der Waals surface area (Å²) in [5.74, 6) is -0.247. The molecule has 1 heterocycles. The van der Waals surface area contributed by atoms with E-state index in [1.165, 1.54) is 6.08 Å². The van der Waals surface area contributed by atoms with Crippen LogP contribution >= 0.6 is 23.6 Å². The molecule has 0 aliphatic heterocycles. The van der Waals surface area contributed by atoms with Crippen molar-refractivity contribution >= 4 is 46.3 Å². The average molecular weight is 302 g/mol. The number of amides is 1. The molecule has 0 saturated carbocycles. The lowest BCUT2D eigenvalue weighted by molar-refractivity contribution is -0.115. The topological polar surface area (TPSA) is 41.1 Å². The first kappa shape index (κ1) is 14.4. The first-order valence-electron chi connectivity index (χ1n) is 6.04. The van der Waals surface area contributed by atoms with Gasteiger partial charge in [0.2, 0.25) is 5.91 Å². The van der Waals surface area contributed by atoms with Crippen molar-refractivity contribution in [2.45, 2.75) is 6.92 Å². The Morgan fingerprint density at radius 2 is 2.15 bits per heavy atom. The summed E-state index contributed by atoms with van der Waals surface area (Å²) in [4.78, 5) is 12.7. The Bertz CT molecular complexity index is 633. The van der Waals surface area contributed by atoms with Gasteiger partial charge in [0, 0.05) is 16.6 Å². The molecule has 1 amide bonds. The maximum atomic E-state index is 11.7. The van der Waals surface area contributed by atoms with Crippen molar-refractivity contribution in [2.24, 2.45) is 0 Å². The number of carbonyl (C=O) groups excluding carboxylic acids is 1. The van der Waals surface area contributed by atoms with Crippen LogP contribution in [-0.2, 0) is 4.79 Å². The molecule has 0 atom stereocenters. The number of aryl methyl sites for hydroxylation is 1. The lowest BCUT2D eigenvalue weighted by Gasteiger charge is -2.08. The third-order valence-corrected chi connectivity index (χ3v) is 3.50. The molecular weight excluding hydrogens is 288 g/mol. The zero-order chi connectivity index (χ0) is 14.4. The number of thiophene rings is 1. The maximum Gasteiger partial charge on any atom is 0.250 e. The summed E-state index contributed by atoms with van der Waals surface area (Å²) >= 11 is 6.67. The zero-order valence-corrected chi connectivity index (χ0v) is 12.6. The van der Waals surface area contributed by atoms with Crippen LogP contribution in [0.4, 0.5) is 5.69 Å². The Morgan fingerprint density at radius 1 is 1.30 bits per heavy atom. The van der Waals surface area contributed by atoms with E-state index in [0.717, 1.165) is 16.1 Å². The molecule has 1 aromatic carbocycles. The second kappa shape index (κ2) is 6.98. The monoisotopic (exact) mass is 302 g/mol. The van der Waals surface area contributed by atoms with Crippen LogP contribution in [0.5, 0.6) is 0 Å². The standard InChI is InChI=1S/C15H14N2OS2/c1-11-4-2-5-12(10-11)16-15(19)17-14(18)8-7-13-6-3-9-20-13/h2-10H,1H3,(H2,16,17,18,19)/b8-7+. The average Bonchev–Trinajstić information content (AvgIpc) is 2.89. The van der Waals surface area contributed by atoms with Crippen LogP contribution < -0.4 is 10.6 Å². The van der Waals surface area contributed by atoms with Gasteiger partial charge in [0.25, 0.3) is 0 Å². The second-order valence-corrected chi connectivity index (χ2v) is 5.55. The Labute approximate surface area is 127 Å². The van der Waals surface area contributed by atoms with E-state index in [1.54, 1.807) is 17.4 Å². The molecule has 0 unspecified atom stereocenters. The van der Waals surface area contributed by atoms with E-state index in [0.29, 0.717) is 0 Å². The minimum Gasteiger partial charge on any atom is -0.332 e. The van der Waals surface area contributed by atoms with Gasteiger partial charge in [-0.25, -0.2) is 0 Å². The summed E-state index contributed by atoms with van der Waals surface area (Å²) in [6.45, 7) is 2.00. The van der Waals surface area contributed by atoms with E-state index in [-0.39, 0.29) is 11.0 Å². The number of rotatable bonds is 3. The van der Waals surface area contributed by atoms with Gasteiger partial charge in [-0.05, 0) is 54.4 Å². The highest BCUT2D eigenvalue weighted by Crippen LogP contribution is 2.10. The molecule has 0 aliphatic rings. The number of hydrogen-bond donors (Lipinski definition) is 2. The Hall–Kier alpha value is -1.98. The van der Waals surface area contributed by atoms with Gasteiger partial charge in [-0.2, -0.15) is 0 Å². The van der Waals surface area contributed by atoms with Crippen LogP contribution in [-0.4, -0.2) is 11.0 Å². The predicted molar refractivity (Wildman–Crippen MR) is 88.9 cm³/mol. The highest BCUT2D eigenvalue weighted by atomic mass is 32.1. The van der Waals surface area contributed by atoms with Crippen LogP contribution in [0.2, 0.25) is 0 Å². The predicted octanol–water partition coefficient (Wildman–Crippen LogP) is 3.58. The molecule has 0 saturated heterocycles. The van der Waals surface area contributed by atoms with Crippen molar-refractivity contribution in [1.82, 2.24) is 5.32 Å². The Balaban J connectivity index is 1.86. The van der Waals surface area contributed by atoms with Gasteiger partial charge in [0.15, 0.2) is 5.11 Å². The minimum absolute atomic E-state index is 0.247. The summed E-state index contributed by atoms with van der Waals surface area (Å²) in [7, 11) is 0. The maximum absolute atomic E-state index is 11.7. The van der Waals surface area contributed by atoms with E-state index < -0.39 is 0 Å². The van der Waals surface area contributed by atoms with Crippen molar-refractivity contribution in [1.29, 1.82) is 0 Å². The molecule has 20 heavy (non-hydrogen) atoms. The number of carbonyl (C=O) groups is 1. The molecule has 1 aromatic heterocycles. The molecule has 3 nitrogen and oxygen atoms in total. The summed E-state index contributed by atoms with van der Waals surface area (Å²) in [6.07, 6.45) is 3.23. The highest BCUT2D eigenvalue weighted by Gasteiger charge is 2.01. The first-order valence-corrected chi connectivity index (χ1v) is 7.32. The van der Waals surface area contributed by atoms with Gasteiger partial charge in [-0.15, -0.1) is 11.3 Å². The lowest BCUT2D eigenvalue weighted by Crippen LogP contribution is -2.32. The molecule has 102 valence electrons. The summed E-state index contributed by atoms with van der Waals surface area (Å²) in [5, 5.41) is 7.83. The van der Waals surface area contributed by atoms with Crippen LogP contribution in [0.25, 0.3) is 6.08 Å². The quantitative estimate of drug-likeness (QED) is 0.672.